The van der Waals surface area contributed by atoms with E-state index in [4.69, 9.17) is 4.42 Å². The van der Waals surface area contributed by atoms with Crippen LogP contribution in [0.15, 0.2) is 51.9 Å². The number of amidine groups is 1. The molecule has 1 heterocycles. The van der Waals surface area contributed by atoms with Gasteiger partial charge in [-0.15, -0.1) is 0 Å². The molecule has 2 aromatic rings. The van der Waals surface area contributed by atoms with Crippen LogP contribution in [0.3, 0.4) is 0 Å². The van der Waals surface area contributed by atoms with Crippen molar-refractivity contribution in [3.05, 3.63) is 59.5 Å². The molecule has 0 aliphatic rings. The van der Waals surface area contributed by atoms with Gasteiger partial charge in [0, 0.05) is 24.9 Å². The topological polar surface area (TPSA) is 40.8 Å². The number of benzene rings is 1. The Balaban J connectivity index is 1.68. The molecule has 2 rings (SSSR count). The number of hydrogen-bond acceptors (Lipinski definition) is 4. The first-order chi connectivity index (χ1) is 11.2. The molecular weight excluding hydrogens is 306 g/mol. The molecule has 5 heteroatoms. The average molecular weight is 331 g/mol. The van der Waals surface area contributed by atoms with Gasteiger partial charge in [0.1, 0.15) is 17.4 Å². The summed E-state index contributed by atoms with van der Waals surface area (Å²) in [6.07, 6.45) is 0. The number of nitrogens with zero attached hydrogens (tertiary/aromatic N) is 2. The van der Waals surface area contributed by atoms with Gasteiger partial charge in [-0.1, -0.05) is 30.3 Å². The van der Waals surface area contributed by atoms with Crippen molar-refractivity contribution in [2.75, 3.05) is 33.4 Å². The van der Waals surface area contributed by atoms with Crippen LogP contribution in [0.5, 0.6) is 0 Å². The molecule has 0 aliphatic heterocycles. The third kappa shape index (κ3) is 6.12. The van der Waals surface area contributed by atoms with Crippen LogP contribution in [0.1, 0.15) is 17.1 Å². The van der Waals surface area contributed by atoms with Crippen LogP contribution < -0.4 is 5.32 Å². The van der Waals surface area contributed by atoms with Crippen LogP contribution in [-0.2, 0) is 12.3 Å². The lowest BCUT2D eigenvalue weighted by Crippen LogP contribution is -2.26. The van der Waals surface area contributed by atoms with Crippen molar-refractivity contribution in [1.29, 1.82) is 0 Å². The van der Waals surface area contributed by atoms with Gasteiger partial charge < -0.3 is 14.6 Å². The fraction of sp³-hybridized carbons (Fsp3) is 0.389. The second-order valence-electron chi connectivity index (χ2n) is 5.52. The highest BCUT2D eigenvalue weighted by molar-refractivity contribution is 7.98. The summed E-state index contributed by atoms with van der Waals surface area (Å²) in [5.74, 6) is 4.92. The molecule has 0 atom stereocenters. The van der Waals surface area contributed by atoms with E-state index in [-0.39, 0.29) is 0 Å². The molecule has 4 nitrogen and oxygen atoms in total. The molecule has 1 aromatic carbocycles. The molecule has 0 unspecified atom stereocenters. The summed E-state index contributed by atoms with van der Waals surface area (Å²) >= 11 is 1.86. The molecule has 0 spiro atoms. The van der Waals surface area contributed by atoms with E-state index in [1.807, 2.05) is 51.1 Å². The van der Waals surface area contributed by atoms with Crippen LogP contribution in [-0.4, -0.2) is 44.2 Å². The van der Waals surface area contributed by atoms with Crippen LogP contribution in [0, 0.1) is 0 Å². The van der Waals surface area contributed by atoms with Gasteiger partial charge in [0.25, 0.3) is 0 Å². The fourth-order valence-electron chi connectivity index (χ4n) is 2.22. The number of furan rings is 1. The first-order valence-electron chi connectivity index (χ1n) is 7.75. The number of rotatable bonds is 8. The van der Waals surface area contributed by atoms with E-state index in [9.17, 15) is 0 Å². The van der Waals surface area contributed by atoms with Gasteiger partial charge in [0.2, 0.25) is 0 Å². The molecule has 1 N–H and O–H groups in total. The minimum atomic E-state index is 0.847. The molecular formula is C18H25N3OS. The Morgan fingerprint density at radius 3 is 2.57 bits per heavy atom. The predicted octanol–water partition coefficient (Wildman–Crippen LogP) is 3.24. The second-order valence-corrected chi connectivity index (χ2v) is 6.63. The van der Waals surface area contributed by atoms with Gasteiger partial charge in [-0.25, -0.2) is 0 Å². The third-order valence-electron chi connectivity index (χ3n) is 3.24. The lowest BCUT2D eigenvalue weighted by molar-refractivity contribution is 0.344. The average Bonchev–Trinajstić information content (AvgIpc) is 2.98. The summed E-state index contributed by atoms with van der Waals surface area (Å²) in [6.45, 7) is 1.73. The summed E-state index contributed by atoms with van der Waals surface area (Å²) in [5, 5.41) is 3.40. The summed E-state index contributed by atoms with van der Waals surface area (Å²) in [4.78, 5) is 6.42. The van der Waals surface area contributed by atoms with Gasteiger partial charge >= 0.3 is 0 Å². The minimum absolute atomic E-state index is 0.847. The molecule has 0 bridgehead atoms. The summed E-state index contributed by atoms with van der Waals surface area (Å²) in [6, 6.07) is 14.3. The monoisotopic (exact) mass is 331 g/mol. The maximum absolute atomic E-state index is 5.81. The van der Waals surface area contributed by atoms with Crippen molar-refractivity contribution in [3.8, 4) is 0 Å². The molecule has 23 heavy (non-hydrogen) atoms. The van der Waals surface area contributed by atoms with Crippen LogP contribution in [0.4, 0.5) is 0 Å². The van der Waals surface area contributed by atoms with Crippen LogP contribution >= 0.6 is 11.8 Å². The maximum Gasteiger partial charge on any atom is 0.128 e. The van der Waals surface area contributed by atoms with Gasteiger partial charge in [-0.3, -0.25) is 4.99 Å². The van der Waals surface area contributed by atoms with E-state index in [1.54, 1.807) is 0 Å². The SMILES string of the molecule is CN=C(NCCSCc1ccc(CN(C)C)o1)c1ccccc1. The van der Waals surface area contributed by atoms with Crippen molar-refractivity contribution < 1.29 is 4.42 Å². The Hall–Kier alpha value is -1.72. The maximum atomic E-state index is 5.81. The van der Waals surface area contributed by atoms with Crippen molar-refractivity contribution in [2.45, 2.75) is 12.3 Å². The normalized spacial score (nSPS) is 11.9. The quantitative estimate of drug-likeness (QED) is 0.458. The van der Waals surface area contributed by atoms with Gasteiger partial charge in [0.05, 0.1) is 12.3 Å². The van der Waals surface area contributed by atoms with E-state index in [0.717, 1.165) is 47.5 Å². The number of hydrogen-bond donors (Lipinski definition) is 1. The zero-order valence-corrected chi connectivity index (χ0v) is 14.9. The predicted molar refractivity (Wildman–Crippen MR) is 99.2 cm³/mol. The molecule has 0 saturated heterocycles. The van der Waals surface area contributed by atoms with Crippen molar-refractivity contribution >= 4 is 17.6 Å². The van der Waals surface area contributed by atoms with Crippen LogP contribution in [0.2, 0.25) is 0 Å². The first kappa shape index (κ1) is 17.6. The van der Waals surface area contributed by atoms with Crippen LogP contribution in [0.25, 0.3) is 0 Å². The highest BCUT2D eigenvalue weighted by atomic mass is 32.2. The Labute approximate surface area is 143 Å². The van der Waals surface area contributed by atoms with Gasteiger partial charge in [0.15, 0.2) is 0 Å². The number of aliphatic imine (C=N–C) groups is 1. The summed E-state index contributed by atoms with van der Waals surface area (Å²) in [5.41, 5.74) is 1.12. The molecule has 1 aromatic heterocycles. The number of nitrogens with one attached hydrogen (secondary N) is 1. The lowest BCUT2D eigenvalue weighted by atomic mass is 10.2. The van der Waals surface area contributed by atoms with Crippen molar-refractivity contribution in [2.24, 2.45) is 4.99 Å². The van der Waals surface area contributed by atoms with Gasteiger partial charge in [-0.2, -0.15) is 11.8 Å². The standard InChI is InChI=1S/C18H25N3OS/c1-19-18(15-7-5-4-6-8-15)20-11-12-23-14-17-10-9-16(22-17)13-21(2)3/h4-10H,11-14H2,1-3H3,(H,19,20). The van der Waals surface area contributed by atoms with E-state index in [1.165, 1.54) is 0 Å². The van der Waals surface area contributed by atoms with Crippen molar-refractivity contribution in [3.63, 3.8) is 0 Å². The molecule has 0 saturated carbocycles. The zero-order valence-electron chi connectivity index (χ0n) is 14.1. The zero-order chi connectivity index (χ0) is 16.5. The Kier molecular flexibility index (Phi) is 7.23. The molecule has 0 amide bonds. The fourth-order valence-corrected chi connectivity index (χ4v) is 2.96. The minimum Gasteiger partial charge on any atom is -0.464 e. The highest BCUT2D eigenvalue weighted by Crippen LogP contribution is 2.16. The molecule has 0 radical (unpaired) electrons. The Morgan fingerprint density at radius 2 is 1.87 bits per heavy atom. The molecule has 0 fully saturated rings. The lowest BCUT2D eigenvalue weighted by Gasteiger charge is -2.09. The molecule has 124 valence electrons. The van der Waals surface area contributed by atoms with E-state index in [0.29, 0.717) is 0 Å². The number of thioether (sulfide) groups is 1. The van der Waals surface area contributed by atoms with E-state index >= 15 is 0 Å². The third-order valence-corrected chi connectivity index (χ3v) is 4.22. The summed E-state index contributed by atoms with van der Waals surface area (Å²) in [7, 11) is 5.90. The highest BCUT2D eigenvalue weighted by Gasteiger charge is 2.04. The van der Waals surface area contributed by atoms with E-state index < -0.39 is 0 Å². The summed E-state index contributed by atoms with van der Waals surface area (Å²) < 4.78 is 5.81. The van der Waals surface area contributed by atoms with Gasteiger partial charge in [-0.05, 0) is 26.2 Å². The second kappa shape index (κ2) is 9.43. The smallest absolute Gasteiger partial charge is 0.128 e. The Bertz CT molecular complexity index is 608. The first-order valence-corrected chi connectivity index (χ1v) is 8.90. The van der Waals surface area contributed by atoms with Crippen molar-refractivity contribution in [1.82, 2.24) is 10.2 Å². The molecule has 0 aliphatic carbocycles. The Morgan fingerprint density at radius 1 is 1.13 bits per heavy atom. The van der Waals surface area contributed by atoms with E-state index in [2.05, 4.69) is 39.5 Å². The largest absolute Gasteiger partial charge is 0.464 e.